The Morgan fingerprint density at radius 3 is 2.46 bits per heavy atom. The molecular weight excluding hydrogens is 324 g/mol. The second-order valence-corrected chi connectivity index (χ2v) is 10.7. The first-order valence-corrected chi connectivity index (χ1v) is 10.7. The number of rotatable bonds is 4. The molecule has 0 aromatic rings. The molecule has 4 atom stereocenters. The first kappa shape index (κ1) is 18.5. The summed E-state index contributed by atoms with van der Waals surface area (Å²) in [6.45, 7) is 11.3. The zero-order chi connectivity index (χ0) is 18.9. The molecule has 0 aromatic heterocycles. The van der Waals surface area contributed by atoms with Gasteiger partial charge in [-0.1, -0.05) is 31.9 Å². The zero-order valence-electron chi connectivity index (χ0n) is 17.2. The highest BCUT2D eigenvalue weighted by atomic mass is 16.6. The Labute approximate surface area is 158 Å². The summed E-state index contributed by atoms with van der Waals surface area (Å²) in [7, 11) is 0. The van der Waals surface area contributed by atoms with Gasteiger partial charge in [-0.05, 0) is 87.9 Å². The molecule has 0 aliphatic heterocycles. The molecule has 1 spiro atoms. The van der Waals surface area contributed by atoms with Gasteiger partial charge in [-0.3, -0.25) is 4.79 Å². The molecule has 1 N–H and O–H groups in total. The second-order valence-electron chi connectivity index (χ2n) is 10.7. The minimum absolute atomic E-state index is 0.00223. The minimum atomic E-state index is -0.385. The molecule has 3 saturated carbocycles. The quantitative estimate of drug-likeness (QED) is 0.565. The van der Waals surface area contributed by atoms with Crippen molar-refractivity contribution in [3.8, 4) is 0 Å². The third kappa shape index (κ3) is 2.52. The second kappa shape index (κ2) is 5.83. The zero-order valence-corrected chi connectivity index (χ0v) is 17.2. The van der Waals surface area contributed by atoms with E-state index in [2.05, 4.69) is 34.6 Å². The van der Waals surface area contributed by atoms with E-state index in [1.165, 1.54) is 17.6 Å². The van der Waals surface area contributed by atoms with Crippen molar-refractivity contribution in [2.24, 2.45) is 28.6 Å². The lowest BCUT2D eigenvalue weighted by Gasteiger charge is -2.59. The maximum atomic E-state index is 13.2. The third-order valence-corrected chi connectivity index (χ3v) is 8.60. The van der Waals surface area contributed by atoms with Crippen molar-refractivity contribution in [2.45, 2.75) is 97.7 Å². The molecule has 2 bridgehead atoms. The highest BCUT2D eigenvalue weighted by molar-refractivity contribution is 5.78. The van der Waals surface area contributed by atoms with Crippen molar-refractivity contribution in [1.82, 2.24) is 0 Å². The fourth-order valence-corrected chi connectivity index (χ4v) is 7.57. The van der Waals surface area contributed by atoms with E-state index in [0.717, 1.165) is 44.9 Å². The van der Waals surface area contributed by atoms with Gasteiger partial charge in [-0.15, -0.1) is 0 Å². The molecule has 146 valence electrons. The van der Waals surface area contributed by atoms with Crippen LogP contribution in [0.15, 0.2) is 11.1 Å². The van der Waals surface area contributed by atoms with E-state index in [-0.39, 0.29) is 23.6 Å². The predicted molar refractivity (Wildman–Crippen MR) is 102 cm³/mol. The van der Waals surface area contributed by atoms with E-state index in [4.69, 9.17) is 4.74 Å². The number of carbonyl (C=O) groups excluding carboxylic acids is 1. The van der Waals surface area contributed by atoms with Crippen LogP contribution in [-0.2, 0) is 9.53 Å². The normalized spacial score (nSPS) is 42.8. The van der Waals surface area contributed by atoms with Gasteiger partial charge in [0, 0.05) is 0 Å². The van der Waals surface area contributed by atoms with Crippen molar-refractivity contribution in [1.29, 1.82) is 0 Å². The van der Waals surface area contributed by atoms with E-state index >= 15 is 0 Å². The fourth-order valence-electron chi connectivity index (χ4n) is 7.57. The molecule has 0 amide bonds. The molecule has 3 fully saturated rings. The minimum Gasteiger partial charge on any atom is -0.459 e. The lowest BCUT2D eigenvalue weighted by Crippen LogP contribution is -2.52. The maximum Gasteiger partial charge on any atom is 0.313 e. The summed E-state index contributed by atoms with van der Waals surface area (Å²) >= 11 is 0. The largest absolute Gasteiger partial charge is 0.459 e. The maximum absolute atomic E-state index is 13.2. The Balaban J connectivity index is 1.49. The van der Waals surface area contributed by atoms with Gasteiger partial charge < -0.3 is 9.84 Å². The number of hydrogen-bond acceptors (Lipinski definition) is 3. The summed E-state index contributed by atoms with van der Waals surface area (Å²) < 4.78 is 6.25. The van der Waals surface area contributed by atoms with Crippen LogP contribution in [0.25, 0.3) is 0 Å². The molecule has 0 radical (unpaired) electrons. The molecule has 4 rings (SSSR count). The Morgan fingerprint density at radius 2 is 1.92 bits per heavy atom. The first-order chi connectivity index (χ1) is 12.1. The fraction of sp³-hybridized carbons (Fsp3) is 0.870. The van der Waals surface area contributed by atoms with Crippen LogP contribution in [0.3, 0.4) is 0 Å². The average Bonchev–Trinajstić information content (AvgIpc) is 3.05. The van der Waals surface area contributed by atoms with Gasteiger partial charge in [0.15, 0.2) is 0 Å². The van der Waals surface area contributed by atoms with Gasteiger partial charge in [0.2, 0.25) is 0 Å². The number of carbonyl (C=O) groups is 1. The van der Waals surface area contributed by atoms with E-state index in [9.17, 15) is 9.90 Å². The first-order valence-electron chi connectivity index (χ1n) is 10.7. The van der Waals surface area contributed by atoms with Crippen LogP contribution in [-0.4, -0.2) is 22.8 Å². The van der Waals surface area contributed by atoms with Gasteiger partial charge in [0.1, 0.15) is 5.60 Å². The SMILES string of the molecule is CCC(C)(OC(=O)C1CC23CC1=C(C)C2C(C)(C)C3)C1CCC(O)CC1. The van der Waals surface area contributed by atoms with Crippen LogP contribution in [0.5, 0.6) is 0 Å². The lowest BCUT2D eigenvalue weighted by atomic mass is 9.45. The van der Waals surface area contributed by atoms with Crippen LogP contribution in [0.2, 0.25) is 0 Å². The number of ether oxygens (including phenoxy) is 1. The summed E-state index contributed by atoms with van der Waals surface area (Å²) in [6, 6.07) is 0. The van der Waals surface area contributed by atoms with Crippen LogP contribution >= 0.6 is 0 Å². The smallest absolute Gasteiger partial charge is 0.313 e. The molecule has 0 heterocycles. The van der Waals surface area contributed by atoms with Gasteiger partial charge in [-0.2, -0.15) is 0 Å². The summed E-state index contributed by atoms with van der Waals surface area (Å²) in [5, 5.41) is 9.81. The summed E-state index contributed by atoms with van der Waals surface area (Å²) in [5.74, 6) is 1.09. The Kier molecular flexibility index (Phi) is 4.16. The molecule has 4 aliphatic carbocycles. The number of aliphatic hydroxyl groups excluding tert-OH is 1. The molecule has 3 heteroatoms. The summed E-state index contributed by atoms with van der Waals surface area (Å²) in [4.78, 5) is 13.2. The Morgan fingerprint density at radius 1 is 1.27 bits per heavy atom. The van der Waals surface area contributed by atoms with E-state index in [0.29, 0.717) is 22.7 Å². The van der Waals surface area contributed by atoms with Gasteiger partial charge in [0.05, 0.1) is 12.0 Å². The summed E-state index contributed by atoms with van der Waals surface area (Å²) in [5.41, 5.74) is 3.28. The third-order valence-electron chi connectivity index (χ3n) is 8.60. The van der Waals surface area contributed by atoms with Gasteiger partial charge in [-0.25, -0.2) is 0 Å². The van der Waals surface area contributed by atoms with E-state index < -0.39 is 0 Å². The summed E-state index contributed by atoms with van der Waals surface area (Å²) in [6.07, 6.45) is 7.68. The lowest BCUT2D eigenvalue weighted by molar-refractivity contribution is -0.173. The number of aliphatic hydroxyl groups is 1. The number of allylic oxidation sites excluding steroid dienone is 1. The Hall–Kier alpha value is -0.830. The van der Waals surface area contributed by atoms with Gasteiger partial charge >= 0.3 is 5.97 Å². The molecule has 0 aromatic carbocycles. The van der Waals surface area contributed by atoms with Crippen LogP contribution in [0.1, 0.15) is 86.0 Å². The standard InChI is InChI=1S/C23H36O3/c1-6-22(5,15-7-9-16(24)10-8-15)26-20(25)18-12-23-11-17(18)14(2)19(23)21(3,4)13-23/h15-16,18-19,24H,6-13H2,1-5H3. The molecule has 3 nitrogen and oxygen atoms in total. The van der Waals surface area contributed by atoms with Crippen LogP contribution < -0.4 is 0 Å². The molecule has 4 aliphatic rings. The van der Waals surface area contributed by atoms with Gasteiger partial charge in [0.25, 0.3) is 0 Å². The van der Waals surface area contributed by atoms with Crippen molar-refractivity contribution >= 4 is 5.97 Å². The van der Waals surface area contributed by atoms with Crippen molar-refractivity contribution in [2.75, 3.05) is 0 Å². The predicted octanol–water partition coefficient (Wildman–Crippen LogP) is 5.02. The van der Waals surface area contributed by atoms with Crippen molar-refractivity contribution in [3.05, 3.63) is 11.1 Å². The number of esters is 1. The number of fused-ring (bicyclic) bond motifs is 1. The highest BCUT2D eigenvalue weighted by Crippen LogP contribution is 2.75. The average molecular weight is 361 g/mol. The highest BCUT2D eigenvalue weighted by Gasteiger charge is 2.67. The van der Waals surface area contributed by atoms with Crippen molar-refractivity contribution in [3.63, 3.8) is 0 Å². The van der Waals surface area contributed by atoms with Crippen LogP contribution in [0.4, 0.5) is 0 Å². The van der Waals surface area contributed by atoms with E-state index in [1.807, 2.05) is 0 Å². The Bertz CT molecular complexity index is 640. The molecule has 0 saturated heterocycles. The molecule has 4 unspecified atom stereocenters. The van der Waals surface area contributed by atoms with Crippen molar-refractivity contribution < 1.29 is 14.6 Å². The van der Waals surface area contributed by atoms with E-state index in [1.54, 1.807) is 0 Å². The molecular formula is C23H36O3. The topological polar surface area (TPSA) is 46.5 Å². The number of hydrogen-bond donors (Lipinski definition) is 1. The molecule has 26 heavy (non-hydrogen) atoms. The van der Waals surface area contributed by atoms with Crippen LogP contribution in [0, 0.1) is 28.6 Å². The monoisotopic (exact) mass is 360 g/mol.